The minimum atomic E-state index is -0.625. The first-order valence-electron chi connectivity index (χ1n) is 14.8. The van der Waals surface area contributed by atoms with Gasteiger partial charge in [0.15, 0.2) is 0 Å². The highest BCUT2D eigenvalue weighted by Gasteiger charge is 2.68. The molecule has 0 spiro atoms. The van der Waals surface area contributed by atoms with Gasteiger partial charge in [0, 0.05) is 40.5 Å². The van der Waals surface area contributed by atoms with Gasteiger partial charge in [-0.05, 0) is 75.5 Å². The van der Waals surface area contributed by atoms with E-state index in [2.05, 4.69) is 53.4 Å². The molecule has 11 atom stereocenters. The molecular formula is C31H51NO4S. The number of ketones is 1. The van der Waals surface area contributed by atoms with E-state index in [9.17, 15) is 14.7 Å². The third-order valence-electron chi connectivity index (χ3n) is 11.5. The van der Waals surface area contributed by atoms with Gasteiger partial charge in [0.25, 0.3) is 0 Å². The lowest BCUT2D eigenvalue weighted by Gasteiger charge is -2.61. The maximum absolute atomic E-state index is 13.5. The summed E-state index contributed by atoms with van der Waals surface area (Å²) in [6.45, 7) is 17.2. The number of thioether (sulfide) groups is 1. The lowest BCUT2D eigenvalue weighted by molar-refractivity contribution is -0.205. The number of nitrogens with one attached hydrogen (secondary N) is 1. The molecule has 0 saturated heterocycles. The van der Waals surface area contributed by atoms with Gasteiger partial charge >= 0.3 is 5.97 Å². The minimum Gasteiger partial charge on any atom is -0.461 e. The Kier molecular flexibility index (Phi) is 8.63. The fourth-order valence-corrected chi connectivity index (χ4v) is 9.75. The van der Waals surface area contributed by atoms with Gasteiger partial charge < -0.3 is 15.2 Å². The Labute approximate surface area is 229 Å². The van der Waals surface area contributed by atoms with Gasteiger partial charge in [0.05, 0.1) is 11.9 Å². The highest BCUT2D eigenvalue weighted by atomic mass is 32.2. The Bertz CT molecular complexity index is 879. The third kappa shape index (κ3) is 5.09. The number of esters is 1. The molecular weight excluding hydrogens is 482 g/mol. The first-order chi connectivity index (χ1) is 17.4. The van der Waals surface area contributed by atoms with E-state index in [0.717, 1.165) is 44.9 Å². The molecule has 0 aromatic heterocycles. The molecule has 4 saturated carbocycles. The van der Waals surface area contributed by atoms with Crippen molar-refractivity contribution in [2.45, 2.75) is 129 Å². The molecule has 2 N–H and O–H groups in total. The number of hydrogen-bond donors (Lipinski definition) is 2. The zero-order valence-electron chi connectivity index (χ0n) is 24.1. The van der Waals surface area contributed by atoms with Crippen LogP contribution in [0.2, 0.25) is 0 Å². The maximum Gasteiger partial charge on any atom is 0.316 e. The lowest BCUT2D eigenvalue weighted by Crippen LogP contribution is -2.63. The van der Waals surface area contributed by atoms with Crippen molar-refractivity contribution < 1.29 is 19.4 Å². The van der Waals surface area contributed by atoms with E-state index in [-0.39, 0.29) is 29.1 Å². The second-order valence-corrected chi connectivity index (χ2v) is 14.8. The van der Waals surface area contributed by atoms with Crippen LogP contribution >= 0.6 is 11.8 Å². The van der Waals surface area contributed by atoms with Crippen molar-refractivity contribution >= 4 is 23.5 Å². The molecule has 2 bridgehead atoms. The van der Waals surface area contributed by atoms with Crippen LogP contribution in [0.5, 0.6) is 0 Å². The Balaban J connectivity index is 1.53. The van der Waals surface area contributed by atoms with Crippen LogP contribution in [-0.2, 0) is 14.3 Å². The van der Waals surface area contributed by atoms with Gasteiger partial charge in [-0.3, -0.25) is 9.59 Å². The van der Waals surface area contributed by atoms with Crippen molar-refractivity contribution in [3.63, 3.8) is 0 Å². The van der Waals surface area contributed by atoms with Crippen LogP contribution in [0, 0.1) is 34.0 Å². The number of hydrogen-bond acceptors (Lipinski definition) is 6. The maximum atomic E-state index is 13.5. The number of Topliss-reactive ketones (excluding diaryl/α,β-unsaturated/α-hetero) is 1. The molecule has 4 aliphatic carbocycles. The highest BCUT2D eigenvalue weighted by Crippen LogP contribution is 2.68. The fraction of sp³-hybridized carbons (Fsp3) is 0.871. The molecule has 37 heavy (non-hydrogen) atoms. The smallest absolute Gasteiger partial charge is 0.316 e. The first-order valence-corrected chi connectivity index (χ1v) is 15.9. The summed E-state index contributed by atoms with van der Waals surface area (Å²) in [4.78, 5) is 26.9. The van der Waals surface area contributed by atoms with Crippen LogP contribution in [0.4, 0.5) is 0 Å². The van der Waals surface area contributed by atoms with E-state index in [0.29, 0.717) is 41.7 Å². The normalized spacial score (nSPS) is 46.6. The van der Waals surface area contributed by atoms with Crippen molar-refractivity contribution in [3.8, 4) is 0 Å². The van der Waals surface area contributed by atoms with Gasteiger partial charge in [0.1, 0.15) is 11.9 Å². The van der Waals surface area contributed by atoms with Gasteiger partial charge in [-0.25, -0.2) is 0 Å². The number of rotatable bonds is 8. The number of carbonyl (C=O) groups excluding carboxylic acids is 2. The average Bonchev–Trinajstić information content (AvgIpc) is 3.47. The number of carbonyl (C=O) groups is 2. The van der Waals surface area contributed by atoms with E-state index < -0.39 is 23.0 Å². The van der Waals surface area contributed by atoms with Crippen LogP contribution < -0.4 is 5.32 Å². The topological polar surface area (TPSA) is 75.6 Å². The van der Waals surface area contributed by atoms with Crippen molar-refractivity contribution in [1.82, 2.24) is 5.32 Å². The molecule has 5 nitrogen and oxygen atoms in total. The Morgan fingerprint density at radius 2 is 2.00 bits per heavy atom. The zero-order chi connectivity index (χ0) is 27.2. The molecule has 0 amide bonds. The molecule has 0 aromatic rings. The molecule has 4 aliphatic rings. The Morgan fingerprint density at radius 1 is 1.27 bits per heavy atom. The molecule has 0 radical (unpaired) electrons. The molecule has 4 rings (SSSR count). The Hall–Kier alpha value is -0.850. The average molecular weight is 534 g/mol. The van der Waals surface area contributed by atoms with Crippen molar-refractivity contribution in [2.24, 2.45) is 34.0 Å². The van der Waals surface area contributed by atoms with Gasteiger partial charge in [-0.15, -0.1) is 18.3 Å². The summed E-state index contributed by atoms with van der Waals surface area (Å²) in [5.74, 6) is 0.543. The highest BCUT2D eigenvalue weighted by molar-refractivity contribution is 8.00. The largest absolute Gasteiger partial charge is 0.461 e. The van der Waals surface area contributed by atoms with Gasteiger partial charge in [-0.2, -0.15) is 0 Å². The molecule has 0 aromatic carbocycles. The van der Waals surface area contributed by atoms with E-state index in [1.165, 1.54) is 0 Å². The third-order valence-corrected chi connectivity index (χ3v) is 12.8. The summed E-state index contributed by atoms with van der Waals surface area (Å²) in [6.07, 6.45) is 9.18. The van der Waals surface area contributed by atoms with Crippen LogP contribution in [0.1, 0.15) is 99.3 Å². The van der Waals surface area contributed by atoms with E-state index >= 15 is 0 Å². The Morgan fingerprint density at radius 3 is 2.68 bits per heavy atom. The minimum absolute atomic E-state index is 0.00895. The molecule has 4 fully saturated rings. The van der Waals surface area contributed by atoms with Crippen molar-refractivity contribution in [1.29, 1.82) is 0 Å². The monoisotopic (exact) mass is 533 g/mol. The molecule has 0 aliphatic heterocycles. The second kappa shape index (κ2) is 11.0. The van der Waals surface area contributed by atoms with Crippen LogP contribution in [-0.4, -0.2) is 52.2 Å². The molecule has 0 heterocycles. The summed E-state index contributed by atoms with van der Waals surface area (Å²) < 4.78 is 6.40. The van der Waals surface area contributed by atoms with E-state index in [1.54, 1.807) is 11.8 Å². The van der Waals surface area contributed by atoms with E-state index in [4.69, 9.17) is 4.74 Å². The molecule has 4 unspecified atom stereocenters. The molecule has 6 heteroatoms. The number of ether oxygens (including phenoxy) is 1. The van der Waals surface area contributed by atoms with Gasteiger partial charge in [-0.1, -0.05) is 40.7 Å². The second-order valence-electron chi connectivity index (χ2n) is 13.5. The standard InChI is InChI=1S/C31H51NO4S/c1-8-20(4)32-22-10-11-23(16-22)37-18-26(34)36-25-17-29(6,9-2)28(35)21(5)31-14-12-19(3)30(25,7)27(31)24(33)13-15-31/h9,19-23,25,27-28,32,35H,2,8,10-18H2,1,3-7H3/t19-,20?,21+,22?,23?,25-,27+,28+,29-,30+,31?/m1/s1. The van der Waals surface area contributed by atoms with Crippen molar-refractivity contribution in [2.75, 3.05) is 5.75 Å². The SMILES string of the molecule is C=C[C@]1(C)C[C@@H](OC(=O)CSC2CCC(NC(C)CC)C2)[C@]2(C)[C@H](C)CCC3(CCC(=O)[C@H]32)[C@@H](C)[C@@H]1O. The van der Waals surface area contributed by atoms with Gasteiger partial charge in [0.2, 0.25) is 0 Å². The predicted molar refractivity (Wildman–Crippen MR) is 151 cm³/mol. The molecule has 210 valence electrons. The summed E-state index contributed by atoms with van der Waals surface area (Å²) in [5.41, 5.74) is -1.26. The van der Waals surface area contributed by atoms with Crippen LogP contribution in [0.25, 0.3) is 0 Å². The van der Waals surface area contributed by atoms with Crippen molar-refractivity contribution in [3.05, 3.63) is 12.7 Å². The first kappa shape index (κ1) is 29.1. The summed E-state index contributed by atoms with van der Waals surface area (Å²) in [6, 6.07) is 1.06. The van der Waals surface area contributed by atoms with Crippen LogP contribution in [0.15, 0.2) is 12.7 Å². The lowest BCUT2D eigenvalue weighted by atomic mass is 9.44. The quantitative estimate of drug-likeness (QED) is 0.297. The summed E-state index contributed by atoms with van der Waals surface area (Å²) >= 11 is 1.73. The predicted octanol–water partition coefficient (Wildman–Crippen LogP) is 5.94. The summed E-state index contributed by atoms with van der Waals surface area (Å²) in [7, 11) is 0. The number of aliphatic hydroxyl groups is 1. The fourth-order valence-electron chi connectivity index (χ4n) is 8.64. The summed E-state index contributed by atoms with van der Waals surface area (Å²) in [5, 5.41) is 15.8. The van der Waals surface area contributed by atoms with Crippen LogP contribution in [0.3, 0.4) is 0 Å². The number of aliphatic hydroxyl groups excluding tert-OH is 1. The zero-order valence-corrected chi connectivity index (χ0v) is 24.9. The van der Waals surface area contributed by atoms with E-state index in [1.807, 2.05) is 6.08 Å².